The highest BCUT2D eigenvalue weighted by molar-refractivity contribution is 6.34. The lowest BCUT2D eigenvalue weighted by Gasteiger charge is -2.22. The fourth-order valence-electron chi connectivity index (χ4n) is 3.12. The molecule has 2 aromatic heterocycles. The molecule has 0 bridgehead atoms. The fraction of sp³-hybridized carbons (Fsp3) is 0.278. The highest BCUT2D eigenvalue weighted by atomic mass is 35.5. The van der Waals surface area contributed by atoms with Gasteiger partial charge in [0.1, 0.15) is 5.82 Å². The van der Waals surface area contributed by atoms with Gasteiger partial charge in [-0.25, -0.2) is 4.39 Å². The first-order valence-corrected chi connectivity index (χ1v) is 8.25. The molecule has 4 nitrogen and oxygen atoms in total. The lowest BCUT2D eigenvalue weighted by molar-refractivity contribution is 0.0846. The molecule has 1 aliphatic heterocycles. The van der Waals surface area contributed by atoms with Gasteiger partial charge in [0.25, 0.3) is 0 Å². The maximum absolute atomic E-state index is 13.1. The van der Waals surface area contributed by atoms with Crippen LogP contribution in [0.4, 0.5) is 4.39 Å². The Bertz CT molecular complexity index is 879. The Labute approximate surface area is 143 Å². The summed E-state index contributed by atoms with van der Waals surface area (Å²) >= 11 is 6.27. The summed E-state index contributed by atoms with van der Waals surface area (Å²) in [6.45, 7) is 1.49. The zero-order chi connectivity index (χ0) is 16.5. The first kappa shape index (κ1) is 15.4. The summed E-state index contributed by atoms with van der Waals surface area (Å²) < 4.78 is 18.5. The van der Waals surface area contributed by atoms with Crippen LogP contribution in [0.5, 0.6) is 0 Å². The topological polar surface area (TPSA) is 47.9 Å². The molecule has 1 saturated heterocycles. The van der Waals surface area contributed by atoms with Crippen LogP contribution in [0.1, 0.15) is 24.5 Å². The van der Waals surface area contributed by atoms with Gasteiger partial charge >= 0.3 is 0 Å². The van der Waals surface area contributed by atoms with E-state index in [0.717, 1.165) is 48.1 Å². The molecule has 3 aromatic rings. The van der Waals surface area contributed by atoms with Crippen LogP contribution in [-0.2, 0) is 4.74 Å². The average molecular weight is 344 g/mol. The molecule has 122 valence electrons. The second kappa shape index (κ2) is 6.42. The maximum Gasteiger partial charge on any atom is 0.159 e. The van der Waals surface area contributed by atoms with Gasteiger partial charge in [0.15, 0.2) is 5.15 Å². The summed E-state index contributed by atoms with van der Waals surface area (Å²) in [5.41, 5.74) is 2.53. The van der Waals surface area contributed by atoms with Crippen molar-refractivity contribution in [3.05, 3.63) is 53.2 Å². The van der Waals surface area contributed by atoms with Crippen molar-refractivity contribution in [1.82, 2.24) is 15.2 Å². The van der Waals surface area contributed by atoms with Gasteiger partial charge in [-0.05, 0) is 31.0 Å². The van der Waals surface area contributed by atoms with Gasteiger partial charge in [-0.15, -0.1) is 5.10 Å². The van der Waals surface area contributed by atoms with Crippen LogP contribution in [0.2, 0.25) is 5.15 Å². The van der Waals surface area contributed by atoms with Crippen molar-refractivity contribution in [2.24, 2.45) is 0 Å². The highest BCUT2D eigenvalue weighted by Gasteiger charge is 2.21. The van der Waals surface area contributed by atoms with Gasteiger partial charge < -0.3 is 4.74 Å². The minimum absolute atomic E-state index is 0.334. The van der Waals surface area contributed by atoms with E-state index in [1.165, 1.54) is 12.3 Å². The first-order chi connectivity index (χ1) is 11.7. The summed E-state index contributed by atoms with van der Waals surface area (Å²) in [6, 6.07) is 8.95. The molecule has 3 heterocycles. The Morgan fingerprint density at radius 1 is 1.04 bits per heavy atom. The molecular formula is C18H15ClFN3O. The van der Waals surface area contributed by atoms with Crippen LogP contribution in [0.15, 0.2) is 36.5 Å². The van der Waals surface area contributed by atoms with E-state index in [-0.39, 0.29) is 5.82 Å². The van der Waals surface area contributed by atoms with Crippen molar-refractivity contribution < 1.29 is 9.13 Å². The molecule has 24 heavy (non-hydrogen) atoms. The van der Waals surface area contributed by atoms with E-state index >= 15 is 0 Å². The van der Waals surface area contributed by atoms with Gasteiger partial charge in [-0.2, -0.15) is 5.10 Å². The molecule has 0 amide bonds. The molecule has 1 aromatic carbocycles. The lowest BCUT2D eigenvalue weighted by atomic mass is 9.92. The van der Waals surface area contributed by atoms with Crippen molar-refractivity contribution >= 4 is 22.4 Å². The Morgan fingerprint density at radius 3 is 2.62 bits per heavy atom. The summed E-state index contributed by atoms with van der Waals surface area (Å²) in [5.74, 6) is -0.0222. The van der Waals surface area contributed by atoms with Crippen LogP contribution < -0.4 is 0 Å². The Kier molecular flexibility index (Phi) is 4.12. The molecule has 1 fully saturated rings. The summed E-state index contributed by atoms with van der Waals surface area (Å²) in [5, 5.41) is 10.7. The molecule has 0 radical (unpaired) electrons. The van der Waals surface area contributed by atoms with E-state index in [1.54, 1.807) is 6.07 Å². The second-order valence-electron chi connectivity index (χ2n) is 5.88. The van der Waals surface area contributed by atoms with Crippen LogP contribution in [-0.4, -0.2) is 28.4 Å². The standard InChI is InChI=1S/C18H15ClFN3O/c19-18-15-9-12(16-4-2-13(20)10-21-16)1-3-14(15)17(22-23-18)11-5-7-24-8-6-11/h1-4,9-11H,5-8H2. The smallest absolute Gasteiger partial charge is 0.159 e. The summed E-state index contributed by atoms with van der Waals surface area (Å²) in [4.78, 5) is 4.13. The number of benzene rings is 1. The predicted molar refractivity (Wildman–Crippen MR) is 90.5 cm³/mol. The molecule has 0 N–H and O–H groups in total. The van der Waals surface area contributed by atoms with Gasteiger partial charge in [0, 0.05) is 35.5 Å². The number of ether oxygens (including phenoxy) is 1. The van der Waals surface area contributed by atoms with E-state index in [9.17, 15) is 4.39 Å². The molecule has 0 unspecified atom stereocenters. The molecular weight excluding hydrogens is 329 g/mol. The fourth-order valence-corrected chi connectivity index (χ4v) is 3.32. The third-order valence-corrected chi connectivity index (χ3v) is 4.67. The van der Waals surface area contributed by atoms with Crippen LogP contribution in [0, 0.1) is 5.82 Å². The van der Waals surface area contributed by atoms with E-state index < -0.39 is 0 Å². The molecule has 1 aliphatic rings. The van der Waals surface area contributed by atoms with Crippen molar-refractivity contribution in [3.8, 4) is 11.3 Å². The van der Waals surface area contributed by atoms with Gasteiger partial charge in [0.05, 0.1) is 17.6 Å². The first-order valence-electron chi connectivity index (χ1n) is 7.88. The SMILES string of the molecule is Fc1ccc(-c2ccc3c(C4CCOCC4)nnc(Cl)c3c2)nc1. The van der Waals surface area contributed by atoms with E-state index in [1.807, 2.05) is 18.2 Å². The maximum atomic E-state index is 13.1. The average Bonchev–Trinajstić information content (AvgIpc) is 2.63. The number of pyridine rings is 1. The van der Waals surface area contributed by atoms with E-state index in [0.29, 0.717) is 16.8 Å². The zero-order valence-corrected chi connectivity index (χ0v) is 13.6. The van der Waals surface area contributed by atoms with E-state index in [2.05, 4.69) is 15.2 Å². The van der Waals surface area contributed by atoms with Crippen LogP contribution in [0.3, 0.4) is 0 Å². The molecule has 4 rings (SSSR count). The van der Waals surface area contributed by atoms with E-state index in [4.69, 9.17) is 16.3 Å². The predicted octanol–water partition coefficient (Wildman–Crippen LogP) is 4.38. The Balaban J connectivity index is 1.81. The second-order valence-corrected chi connectivity index (χ2v) is 6.24. The van der Waals surface area contributed by atoms with Crippen LogP contribution >= 0.6 is 11.6 Å². The minimum atomic E-state index is -0.356. The van der Waals surface area contributed by atoms with Gasteiger partial charge in [-0.3, -0.25) is 4.98 Å². The number of fused-ring (bicyclic) bond motifs is 1. The molecule has 6 heteroatoms. The van der Waals surface area contributed by atoms with Crippen molar-refractivity contribution in [2.45, 2.75) is 18.8 Å². The van der Waals surface area contributed by atoms with Crippen molar-refractivity contribution in [1.29, 1.82) is 0 Å². The monoisotopic (exact) mass is 343 g/mol. The molecule has 0 aliphatic carbocycles. The number of nitrogens with zero attached hydrogens (tertiary/aromatic N) is 3. The number of halogens is 2. The minimum Gasteiger partial charge on any atom is -0.381 e. The quantitative estimate of drug-likeness (QED) is 0.693. The lowest BCUT2D eigenvalue weighted by Crippen LogP contribution is -2.16. The van der Waals surface area contributed by atoms with Gasteiger partial charge in [-0.1, -0.05) is 23.7 Å². The number of aromatic nitrogens is 3. The van der Waals surface area contributed by atoms with Crippen molar-refractivity contribution in [3.63, 3.8) is 0 Å². The van der Waals surface area contributed by atoms with Gasteiger partial charge in [0.2, 0.25) is 0 Å². The normalized spacial score (nSPS) is 15.8. The highest BCUT2D eigenvalue weighted by Crippen LogP contribution is 2.34. The van der Waals surface area contributed by atoms with Crippen molar-refractivity contribution in [2.75, 3.05) is 13.2 Å². The third kappa shape index (κ3) is 2.85. The summed E-state index contributed by atoms with van der Waals surface area (Å²) in [7, 11) is 0. The van der Waals surface area contributed by atoms with Crippen LogP contribution in [0.25, 0.3) is 22.0 Å². The number of rotatable bonds is 2. The zero-order valence-electron chi connectivity index (χ0n) is 12.9. The Morgan fingerprint density at radius 2 is 1.88 bits per heavy atom. The largest absolute Gasteiger partial charge is 0.381 e. The summed E-state index contributed by atoms with van der Waals surface area (Å²) in [6.07, 6.45) is 3.08. The molecule has 0 saturated carbocycles. The number of hydrogen-bond donors (Lipinski definition) is 0. The molecule has 0 spiro atoms. The Hall–Kier alpha value is -2.11. The molecule has 0 atom stereocenters. The third-order valence-electron chi connectivity index (χ3n) is 4.39. The number of hydrogen-bond acceptors (Lipinski definition) is 4.